The number of rotatable bonds is 5. The van der Waals surface area contributed by atoms with Crippen molar-refractivity contribution in [3.05, 3.63) is 48.4 Å². The number of aromatic hydroxyl groups is 1. The quantitative estimate of drug-likeness (QED) is 0.873. The second-order valence-corrected chi connectivity index (χ2v) is 5.61. The summed E-state index contributed by atoms with van der Waals surface area (Å²) in [6.07, 6.45) is 1.60. The second kappa shape index (κ2) is 7.19. The van der Waals surface area contributed by atoms with Crippen LogP contribution in [-0.2, 0) is 11.3 Å². The van der Waals surface area contributed by atoms with Crippen molar-refractivity contribution in [1.82, 2.24) is 10.2 Å². The summed E-state index contributed by atoms with van der Waals surface area (Å²) in [5, 5.41) is 12.8. The summed E-state index contributed by atoms with van der Waals surface area (Å²) in [7, 11) is 0. The van der Waals surface area contributed by atoms with Crippen LogP contribution in [0.2, 0.25) is 0 Å². The van der Waals surface area contributed by atoms with E-state index in [1.807, 2.05) is 24.3 Å². The van der Waals surface area contributed by atoms with Gasteiger partial charge in [-0.2, -0.15) is 0 Å². The molecule has 0 bridgehead atoms. The Morgan fingerprint density at radius 3 is 2.61 bits per heavy atom. The van der Waals surface area contributed by atoms with E-state index in [4.69, 9.17) is 4.42 Å². The summed E-state index contributed by atoms with van der Waals surface area (Å²) in [4.78, 5) is 16.2. The van der Waals surface area contributed by atoms with Crippen LogP contribution in [0.1, 0.15) is 5.76 Å². The standard InChI is InChI=1S/C17H21N3O3/c21-16-6-2-1-5-15(16)20-9-7-19(8-10-20)13-17(22)18-12-14-4-3-11-23-14/h1-6,11,21H,7-10,12-13H2,(H,18,22). The number of benzene rings is 1. The van der Waals surface area contributed by atoms with E-state index in [9.17, 15) is 9.90 Å². The topological polar surface area (TPSA) is 69.0 Å². The molecule has 2 aromatic rings. The van der Waals surface area contributed by atoms with Crippen LogP contribution in [0.4, 0.5) is 5.69 Å². The molecule has 6 nitrogen and oxygen atoms in total. The molecule has 0 atom stereocenters. The molecule has 6 heteroatoms. The van der Waals surface area contributed by atoms with Gasteiger partial charge in [-0.1, -0.05) is 12.1 Å². The monoisotopic (exact) mass is 315 g/mol. The lowest BCUT2D eigenvalue weighted by Crippen LogP contribution is -2.49. The Balaban J connectivity index is 1.44. The normalized spacial score (nSPS) is 15.6. The van der Waals surface area contributed by atoms with Crippen molar-refractivity contribution in [3.8, 4) is 5.75 Å². The first kappa shape index (κ1) is 15.4. The van der Waals surface area contributed by atoms with Crippen LogP contribution in [0.25, 0.3) is 0 Å². The highest BCUT2D eigenvalue weighted by Crippen LogP contribution is 2.27. The van der Waals surface area contributed by atoms with E-state index in [1.54, 1.807) is 18.4 Å². The van der Waals surface area contributed by atoms with E-state index < -0.39 is 0 Å². The zero-order valence-electron chi connectivity index (χ0n) is 12.9. The molecule has 23 heavy (non-hydrogen) atoms. The molecule has 1 aromatic heterocycles. The number of furan rings is 1. The smallest absolute Gasteiger partial charge is 0.234 e. The molecule has 1 aliphatic rings. The molecular weight excluding hydrogens is 294 g/mol. The Labute approximate surface area is 135 Å². The lowest BCUT2D eigenvalue weighted by atomic mass is 10.2. The third-order valence-electron chi connectivity index (χ3n) is 4.00. The molecule has 0 radical (unpaired) electrons. The minimum Gasteiger partial charge on any atom is -0.506 e. The molecule has 1 aliphatic heterocycles. The highest BCUT2D eigenvalue weighted by Gasteiger charge is 2.20. The number of piperazine rings is 1. The number of carbonyl (C=O) groups excluding carboxylic acids is 1. The van der Waals surface area contributed by atoms with Crippen LogP contribution in [0.3, 0.4) is 0 Å². The van der Waals surface area contributed by atoms with Gasteiger partial charge in [0.05, 0.1) is 25.0 Å². The van der Waals surface area contributed by atoms with Crippen molar-refractivity contribution >= 4 is 11.6 Å². The maximum absolute atomic E-state index is 12.0. The van der Waals surface area contributed by atoms with Gasteiger partial charge in [0.25, 0.3) is 0 Å². The average molecular weight is 315 g/mol. The predicted molar refractivity (Wildman–Crippen MR) is 87.3 cm³/mol. The maximum atomic E-state index is 12.0. The molecule has 0 saturated carbocycles. The number of hydrogen-bond acceptors (Lipinski definition) is 5. The van der Waals surface area contributed by atoms with Gasteiger partial charge < -0.3 is 19.7 Å². The predicted octanol–water partition coefficient (Wildman–Crippen LogP) is 1.42. The van der Waals surface area contributed by atoms with Gasteiger partial charge in [0, 0.05) is 26.2 Å². The van der Waals surface area contributed by atoms with E-state index in [2.05, 4.69) is 15.1 Å². The van der Waals surface area contributed by atoms with Crippen molar-refractivity contribution in [3.63, 3.8) is 0 Å². The van der Waals surface area contributed by atoms with Crippen LogP contribution >= 0.6 is 0 Å². The number of hydrogen-bond donors (Lipinski definition) is 2. The molecule has 0 spiro atoms. The Kier molecular flexibility index (Phi) is 4.83. The van der Waals surface area contributed by atoms with Gasteiger partial charge in [-0.15, -0.1) is 0 Å². The van der Waals surface area contributed by atoms with E-state index in [-0.39, 0.29) is 5.91 Å². The number of nitrogens with one attached hydrogen (secondary N) is 1. The van der Waals surface area contributed by atoms with E-state index in [1.165, 1.54) is 0 Å². The molecule has 2 heterocycles. The number of nitrogens with zero attached hydrogens (tertiary/aromatic N) is 2. The first-order chi connectivity index (χ1) is 11.2. The fourth-order valence-corrected chi connectivity index (χ4v) is 2.74. The number of phenols is 1. The molecule has 1 amide bonds. The molecule has 1 fully saturated rings. The van der Waals surface area contributed by atoms with Crippen molar-refractivity contribution < 1.29 is 14.3 Å². The summed E-state index contributed by atoms with van der Waals surface area (Å²) in [6.45, 7) is 3.98. The second-order valence-electron chi connectivity index (χ2n) is 5.61. The highest BCUT2D eigenvalue weighted by molar-refractivity contribution is 5.78. The van der Waals surface area contributed by atoms with Gasteiger partial charge in [0.15, 0.2) is 0 Å². The number of amides is 1. The van der Waals surface area contributed by atoms with Crippen molar-refractivity contribution in [2.75, 3.05) is 37.6 Å². The summed E-state index contributed by atoms with van der Waals surface area (Å²) in [5.74, 6) is 1.05. The number of para-hydroxylation sites is 2. The minimum atomic E-state index is -0.00240. The third-order valence-corrected chi connectivity index (χ3v) is 4.00. The zero-order chi connectivity index (χ0) is 16.1. The maximum Gasteiger partial charge on any atom is 0.234 e. The molecule has 122 valence electrons. The molecule has 2 N–H and O–H groups in total. The van der Waals surface area contributed by atoms with Crippen molar-refractivity contribution in [1.29, 1.82) is 0 Å². The highest BCUT2D eigenvalue weighted by atomic mass is 16.3. The van der Waals surface area contributed by atoms with Crippen LogP contribution < -0.4 is 10.2 Å². The summed E-state index contributed by atoms with van der Waals surface area (Å²) in [5.41, 5.74) is 0.856. The lowest BCUT2D eigenvalue weighted by Gasteiger charge is -2.35. The van der Waals surface area contributed by atoms with Crippen LogP contribution in [-0.4, -0.2) is 48.6 Å². The van der Waals surface area contributed by atoms with E-state index >= 15 is 0 Å². The van der Waals surface area contributed by atoms with Crippen molar-refractivity contribution in [2.24, 2.45) is 0 Å². The Morgan fingerprint density at radius 2 is 1.91 bits per heavy atom. The summed E-state index contributed by atoms with van der Waals surface area (Å²) < 4.78 is 5.19. The van der Waals surface area contributed by atoms with E-state index in [0.717, 1.165) is 37.6 Å². The summed E-state index contributed by atoms with van der Waals surface area (Å²) >= 11 is 0. The Hall–Kier alpha value is -2.47. The van der Waals surface area contributed by atoms with Gasteiger partial charge >= 0.3 is 0 Å². The first-order valence-corrected chi connectivity index (χ1v) is 7.77. The average Bonchev–Trinajstić information content (AvgIpc) is 3.08. The minimum absolute atomic E-state index is 0.00240. The van der Waals surface area contributed by atoms with Gasteiger partial charge in [-0.05, 0) is 24.3 Å². The van der Waals surface area contributed by atoms with Crippen LogP contribution in [0, 0.1) is 0 Å². The Morgan fingerprint density at radius 1 is 1.13 bits per heavy atom. The molecule has 3 rings (SSSR count). The van der Waals surface area contributed by atoms with Crippen LogP contribution in [0.5, 0.6) is 5.75 Å². The van der Waals surface area contributed by atoms with E-state index in [0.29, 0.717) is 18.8 Å². The lowest BCUT2D eigenvalue weighted by molar-refractivity contribution is -0.122. The number of carbonyl (C=O) groups is 1. The fraction of sp³-hybridized carbons (Fsp3) is 0.353. The molecule has 0 unspecified atom stereocenters. The molecule has 0 aliphatic carbocycles. The molecule has 1 saturated heterocycles. The van der Waals surface area contributed by atoms with Gasteiger partial charge in [0.1, 0.15) is 11.5 Å². The van der Waals surface area contributed by atoms with Gasteiger partial charge in [-0.3, -0.25) is 9.69 Å². The van der Waals surface area contributed by atoms with Crippen molar-refractivity contribution in [2.45, 2.75) is 6.54 Å². The SMILES string of the molecule is O=C(CN1CCN(c2ccccc2O)CC1)NCc1ccco1. The molecular formula is C17H21N3O3. The van der Waals surface area contributed by atoms with Crippen LogP contribution in [0.15, 0.2) is 47.1 Å². The first-order valence-electron chi connectivity index (χ1n) is 7.77. The van der Waals surface area contributed by atoms with Gasteiger partial charge in [0.2, 0.25) is 5.91 Å². The zero-order valence-corrected chi connectivity index (χ0v) is 12.9. The Bertz CT molecular complexity index is 634. The fourth-order valence-electron chi connectivity index (χ4n) is 2.74. The third kappa shape index (κ3) is 4.04. The largest absolute Gasteiger partial charge is 0.506 e. The summed E-state index contributed by atoms with van der Waals surface area (Å²) in [6, 6.07) is 11.0. The number of phenolic OH excluding ortho intramolecular Hbond substituents is 1. The number of anilines is 1. The van der Waals surface area contributed by atoms with Gasteiger partial charge in [-0.25, -0.2) is 0 Å². The molecule has 1 aromatic carbocycles.